The zero-order valence-electron chi connectivity index (χ0n) is 10.1. The minimum atomic E-state index is -0.213. The maximum Gasteiger partial charge on any atom is 0.123 e. The van der Waals surface area contributed by atoms with Gasteiger partial charge in [0.05, 0.1) is 0 Å². The van der Waals surface area contributed by atoms with E-state index in [0.717, 1.165) is 16.7 Å². The third-order valence-corrected chi connectivity index (χ3v) is 2.94. The van der Waals surface area contributed by atoms with Crippen LogP contribution in [-0.2, 0) is 0 Å². The van der Waals surface area contributed by atoms with Gasteiger partial charge in [-0.25, -0.2) is 4.39 Å². The highest BCUT2D eigenvalue weighted by Gasteiger charge is 2.06. The molecular formula is C15H16FN. The van der Waals surface area contributed by atoms with E-state index < -0.39 is 0 Å². The Morgan fingerprint density at radius 2 is 1.71 bits per heavy atom. The summed E-state index contributed by atoms with van der Waals surface area (Å²) in [6.45, 7) is 4.00. The van der Waals surface area contributed by atoms with Crippen LogP contribution in [-0.4, -0.2) is 0 Å². The zero-order valence-corrected chi connectivity index (χ0v) is 10.1. The summed E-state index contributed by atoms with van der Waals surface area (Å²) in [6, 6.07) is 12.7. The van der Waals surface area contributed by atoms with Crippen LogP contribution in [0, 0.1) is 12.7 Å². The fourth-order valence-electron chi connectivity index (χ4n) is 1.86. The summed E-state index contributed by atoms with van der Waals surface area (Å²) in [7, 11) is 0. The van der Waals surface area contributed by atoms with E-state index in [4.69, 9.17) is 5.73 Å². The van der Waals surface area contributed by atoms with Crippen molar-refractivity contribution >= 4 is 0 Å². The smallest absolute Gasteiger partial charge is 0.123 e. The molecule has 0 fully saturated rings. The summed E-state index contributed by atoms with van der Waals surface area (Å²) in [5.41, 5.74) is 10.3. The summed E-state index contributed by atoms with van der Waals surface area (Å²) in [6.07, 6.45) is 0. The highest BCUT2D eigenvalue weighted by molar-refractivity contribution is 5.68. The lowest BCUT2D eigenvalue weighted by Crippen LogP contribution is -2.05. The second kappa shape index (κ2) is 4.68. The summed E-state index contributed by atoms with van der Waals surface area (Å²) >= 11 is 0. The van der Waals surface area contributed by atoms with Gasteiger partial charge in [0.15, 0.2) is 0 Å². The topological polar surface area (TPSA) is 26.0 Å². The van der Waals surface area contributed by atoms with Gasteiger partial charge in [-0.05, 0) is 54.3 Å². The number of halogens is 1. The fraction of sp³-hybridized carbons (Fsp3) is 0.200. The van der Waals surface area contributed by atoms with Crippen molar-refractivity contribution in [3.8, 4) is 11.1 Å². The van der Waals surface area contributed by atoms with Crippen LogP contribution in [0.25, 0.3) is 11.1 Å². The van der Waals surface area contributed by atoms with E-state index in [1.165, 1.54) is 17.7 Å². The van der Waals surface area contributed by atoms with Gasteiger partial charge in [0.1, 0.15) is 5.82 Å². The van der Waals surface area contributed by atoms with Crippen LogP contribution < -0.4 is 5.73 Å². The number of rotatable bonds is 2. The molecule has 0 aliphatic rings. The lowest BCUT2D eigenvalue weighted by atomic mass is 9.96. The van der Waals surface area contributed by atoms with Crippen LogP contribution in [0.3, 0.4) is 0 Å². The standard InChI is InChI=1S/C15H16FN/c1-10-3-4-13(11(2)17)9-15(10)12-5-7-14(16)8-6-12/h3-9,11H,17H2,1-2H3. The average Bonchev–Trinajstić information content (AvgIpc) is 2.31. The lowest BCUT2D eigenvalue weighted by Gasteiger charge is -2.11. The molecule has 2 N–H and O–H groups in total. The fourth-order valence-corrected chi connectivity index (χ4v) is 1.86. The molecule has 0 saturated heterocycles. The molecule has 0 amide bonds. The highest BCUT2D eigenvalue weighted by Crippen LogP contribution is 2.26. The number of hydrogen-bond donors (Lipinski definition) is 1. The molecule has 0 radical (unpaired) electrons. The van der Waals surface area contributed by atoms with Gasteiger partial charge in [-0.1, -0.05) is 24.3 Å². The Hall–Kier alpha value is -1.67. The van der Waals surface area contributed by atoms with E-state index in [1.54, 1.807) is 12.1 Å². The van der Waals surface area contributed by atoms with Crippen molar-refractivity contribution in [2.75, 3.05) is 0 Å². The molecule has 1 atom stereocenters. The van der Waals surface area contributed by atoms with Crippen LogP contribution in [0.5, 0.6) is 0 Å². The predicted molar refractivity (Wildman–Crippen MR) is 69.2 cm³/mol. The molecule has 0 aliphatic carbocycles. The Kier molecular flexibility index (Phi) is 3.25. The summed E-state index contributed by atoms with van der Waals surface area (Å²) < 4.78 is 12.9. The number of nitrogens with two attached hydrogens (primary N) is 1. The van der Waals surface area contributed by atoms with Gasteiger partial charge in [0, 0.05) is 6.04 Å². The molecule has 0 saturated carbocycles. The monoisotopic (exact) mass is 229 g/mol. The first-order valence-electron chi connectivity index (χ1n) is 5.70. The molecule has 2 rings (SSSR count). The van der Waals surface area contributed by atoms with Crippen LogP contribution >= 0.6 is 0 Å². The Bertz CT molecular complexity index is 515. The van der Waals surface area contributed by atoms with E-state index in [0.29, 0.717) is 0 Å². The van der Waals surface area contributed by atoms with Gasteiger partial charge in [-0.3, -0.25) is 0 Å². The average molecular weight is 229 g/mol. The second-order valence-electron chi connectivity index (χ2n) is 4.37. The van der Waals surface area contributed by atoms with Crippen LogP contribution in [0.2, 0.25) is 0 Å². The Labute approximate surface area is 101 Å². The maximum absolute atomic E-state index is 12.9. The van der Waals surface area contributed by atoms with Gasteiger partial charge >= 0.3 is 0 Å². The van der Waals surface area contributed by atoms with Gasteiger partial charge in [-0.15, -0.1) is 0 Å². The summed E-state index contributed by atoms with van der Waals surface area (Å²) in [5, 5.41) is 0. The van der Waals surface area contributed by atoms with E-state index in [-0.39, 0.29) is 11.9 Å². The molecule has 1 nitrogen and oxygen atoms in total. The molecule has 0 aromatic heterocycles. The van der Waals surface area contributed by atoms with Crippen LogP contribution in [0.1, 0.15) is 24.1 Å². The molecule has 2 heteroatoms. The highest BCUT2D eigenvalue weighted by atomic mass is 19.1. The quantitative estimate of drug-likeness (QED) is 0.832. The minimum absolute atomic E-state index is 0.00907. The third kappa shape index (κ3) is 2.53. The Morgan fingerprint density at radius 3 is 2.29 bits per heavy atom. The van der Waals surface area contributed by atoms with E-state index in [1.807, 2.05) is 19.9 Å². The van der Waals surface area contributed by atoms with Gasteiger partial charge in [0.2, 0.25) is 0 Å². The molecule has 17 heavy (non-hydrogen) atoms. The molecule has 2 aromatic carbocycles. The van der Waals surface area contributed by atoms with Gasteiger partial charge in [0.25, 0.3) is 0 Å². The van der Waals surface area contributed by atoms with Crippen molar-refractivity contribution in [3.05, 3.63) is 59.4 Å². The van der Waals surface area contributed by atoms with Crippen molar-refractivity contribution in [1.82, 2.24) is 0 Å². The number of hydrogen-bond acceptors (Lipinski definition) is 1. The summed E-state index contributed by atoms with van der Waals surface area (Å²) in [5.74, 6) is -0.213. The van der Waals surface area contributed by atoms with Crippen molar-refractivity contribution in [2.45, 2.75) is 19.9 Å². The molecular weight excluding hydrogens is 213 g/mol. The second-order valence-corrected chi connectivity index (χ2v) is 4.37. The SMILES string of the molecule is Cc1ccc(C(C)N)cc1-c1ccc(F)cc1. The predicted octanol–water partition coefficient (Wildman–Crippen LogP) is 3.82. The van der Waals surface area contributed by atoms with Crippen molar-refractivity contribution in [1.29, 1.82) is 0 Å². The number of aryl methyl sites for hydroxylation is 1. The van der Waals surface area contributed by atoms with E-state index in [9.17, 15) is 4.39 Å². The van der Waals surface area contributed by atoms with Crippen molar-refractivity contribution in [2.24, 2.45) is 5.73 Å². The molecule has 88 valence electrons. The first-order valence-corrected chi connectivity index (χ1v) is 5.70. The zero-order chi connectivity index (χ0) is 12.4. The Morgan fingerprint density at radius 1 is 1.06 bits per heavy atom. The van der Waals surface area contributed by atoms with Crippen LogP contribution in [0.4, 0.5) is 4.39 Å². The molecule has 0 bridgehead atoms. The van der Waals surface area contributed by atoms with E-state index >= 15 is 0 Å². The van der Waals surface area contributed by atoms with Gasteiger partial charge < -0.3 is 5.73 Å². The largest absolute Gasteiger partial charge is 0.324 e. The normalized spacial score (nSPS) is 12.5. The number of benzene rings is 2. The van der Waals surface area contributed by atoms with E-state index in [2.05, 4.69) is 12.1 Å². The van der Waals surface area contributed by atoms with Crippen molar-refractivity contribution in [3.63, 3.8) is 0 Å². The minimum Gasteiger partial charge on any atom is -0.324 e. The first kappa shape index (κ1) is 11.8. The molecule has 0 heterocycles. The summed E-state index contributed by atoms with van der Waals surface area (Å²) in [4.78, 5) is 0. The Balaban J connectivity index is 2.50. The molecule has 1 unspecified atom stereocenters. The van der Waals surface area contributed by atoms with Crippen molar-refractivity contribution < 1.29 is 4.39 Å². The van der Waals surface area contributed by atoms with Crippen LogP contribution in [0.15, 0.2) is 42.5 Å². The maximum atomic E-state index is 12.9. The van der Waals surface area contributed by atoms with Gasteiger partial charge in [-0.2, -0.15) is 0 Å². The lowest BCUT2D eigenvalue weighted by molar-refractivity contribution is 0.628. The molecule has 2 aromatic rings. The molecule has 0 aliphatic heterocycles. The third-order valence-electron chi connectivity index (χ3n) is 2.94. The molecule has 0 spiro atoms. The first-order chi connectivity index (χ1) is 8.08.